The molecule has 4 nitrogen and oxygen atoms in total. The van der Waals surface area contributed by atoms with E-state index in [-0.39, 0.29) is 6.61 Å². The van der Waals surface area contributed by atoms with Gasteiger partial charge in [-0.2, -0.15) is 0 Å². The molecule has 1 rings (SSSR count). The van der Waals surface area contributed by atoms with Crippen LogP contribution >= 0.6 is 0 Å². The molecule has 2 N–H and O–H groups in total. The van der Waals surface area contributed by atoms with E-state index in [9.17, 15) is 9.90 Å². The summed E-state index contributed by atoms with van der Waals surface area (Å²) in [5.74, 6) is -0.918. The van der Waals surface area contributed by atoms with Crippen LogP contribution in [-0.2, 0) is 15.1 Å². The van der Waals surface area contributed by atoms with Gasteiger partial charge in [0.15, 0.2) is 5.54 Å². The highest BCUT2D eigenvalue weighted by atomic mass is 16.5. The molecule has 0 aromatic heterocycles. The summed E-state index contributed by atoms with van der Waals surface area (Å²) in [5.41, 5.74) is -0.450. The fraction of sp³-hybridized carbons (Fsp3) is 0.462. The minimum absolute atomic E-state index is 0.122. The van der Waals surface area contributed by atoms with Gasteiger partial charge in [-0.25, -0.2) is 4.79 Å². The number of hydrogen-bond donors (Lipinski definition) is 2. The van der Waals surface area contributed by atoms with Crippen molar-refractivity contribution < 1.29 is 14.6 Å². The zero-order valence-corrected chi connectivity index (χ0v) is 10.3. The lowest BCUT2D eigenvalue weighted by Gasteiger charge is -2.30. The average Bonchev–Trinajstić information content (AvgIpc) is 2.35. The Balaban J connectivity index is 3.10. The Morgan fingerprint density at radius 2 is 2.00 bits per heavy atom. The van der Waals surface area contributed by atoms with Crippen LogP contribution in [0.5, 0.6) is 0 Å². The fourth-order valence-corrected chi connectivity index (χ4v) is 1.78. The van der Waals surface area contributed by atoms with E-state index in [4.69, 9.17) is 4.74 Å². The molecule has 0 fully saturated rings. The van der Waals surface area contributed by atoms with Gasteiger partial charge in [0.25, 0.3) is 0 Å². The van der Waals surface area contributed by atoms with E-state index in [0.29, 0.717) is 18.7 Å². The largest absolute Gasteiger partial charge is 0.480 e. The molecule has 4 heteroatoms. The van der Waals surface area contributed by atoms with E-state index in [1.807, 2.05) is 32.0 Å². The van der Waals surface area contributed by atoms with Crippen LogP contribution in [-0.4, -0.2) is 30.8 Å². The Labute approximate surface area is 102 Å². The molecule has 0 saturated heterocycles. The molecule has 0 aliphatic heterocycles. The van der Waals surface area contributed by atoms with Crippen LogP contribution in [0.4, 0.5) is 0 Å². The predicted molar refractivity (Wildman–Crippen MR) is 65.9 cm³/mol. The minimum atomic E-state index is -1.16. The number of carboxylic acid groups (broad SMARTS) is 1. The van der Waals surface area contributed by atoms with Crippen LogP contribution in [0, 0.1) is 0 Å². The maximum Gasteiger partial charge on any atom is 0.331 e. The zero-order chi connectivity index (χ0) is 12.7. The van der Waals surface area contributed by atoms with Gasteiger partial charge in [-0.05, 0) is 19.0 Å². The van der Waals surface area contributed by atoms with Crippen molar-refractivity contribution in [3.63, 3.8) is 0 Å². The lowest BCUT2D eigenvalue weighted by Crippen LogP contribution is -2.52. The van der Waals surface area contributed by atoms with E-state index in [0.717, 1.165) is 0 Å². The molecular formula is C13H19NO3. The van der Waals surface area contributed by atoms with Gasteiger partial charge in [-0.15, -0.1) is 0 Å². The summed E-state index contributed by atoms with van der Waals surface area (Å²) in [4.78, 5) is 11.6. The summed E-state index contributed by atoms with van der Waals surface area (Å²) >= 11 is 0. The number of nitrogens with one attached hydrogen (secondary N) is 1. The highest BCUT2D eigenvalue weighted by Gasteiger charge is 2.39. The smallest absolute Gasteiger partial charge is 0.331 e. The van der Waals surface area contributed by atoms with Crippen molar-refractivity contribution >= 4 is 5.97 Å². The normalized spacial score (nSPS) is 14.2. The van der Waals surface area contributed by atoms with Crippen LogP contribution in [0.15, 0.2) is 30.3 Å². The Kier molecular flexibility index (Phi) is 5.12. The number of ether oxygens (including phenoxy) is 1. The van der Waals surface area contributed by atoms with E-state index in [1.54, 1.807) is 12.1 Å². The monoisotopic (exact) mass is 237 g/mol. The number of carbonyl (C=O) groups is 1. The molecule has 0 amide bonds. The molecule has 1 atom stereocenters. The Hall–Kier alpha value is -1.39. The lowest BCUT2D eigenvalue weighted by atomic mass is 9.90. The molecule has 1 unspecified atom stereocenters. The number of benzene rings is 1. The van der Waals surface area contributed by atoms with Crippen molar-refractivity contribution in [2.75, 3.05) is 19.8 Å². The second kappa shape index (κ2) is 6.37. The van der Waals surface area contributed by atoms with E-state index in [1.165, 1.54) is 0 Å². The highest BCUT2D eigenvalue weighted by Crippen LogP contribution is 2.22. The third-order valence-electron chi connectivity index (χ3n) is 2.63. The molecule has 0 saturated carbocycles. The number of likely N-dealkylation sites (N-methyl/N-ethyl adjacent to an activating group) is 1. The predicted octanol–water partition coefficient (Wildman–Crippen LogP) is 1.61. The van der Waals surface area contributed by atoms with Gasteiger partial charge in [0, 0.05) is 6.61 Å². The van der Waals surface area contributed by atoms with Crippen LogP contribution in [0.2, 0.25) is 0 Å². The SMILES string of the molecule is CCNC(COCC)(C(=O)O)c1ccccc1. The molecule has 0 spiro atoms. The molecule has 0 aliphatic carbocycles. The summed E-state index contributed by atoms with van der Waals surface area (Å²) in [6, 6.07) is 9.13. The number of carboxylic acids is 1. The first kappa shape index (κ1) is 13.7. The third-order valence-corrected chi connectivity index (χ3v) is 2.63. The van der Waals surface area contributed by atoms with Gasteiger partial charge >= 0.3 is 5.97 Å². The molecule has 1 aromatic rings. The van der Waals surface area contributed by atoms with Crippen LogP contribution in [0.25, 0.3) is 0 Å². The quantitative estimate of drug-likeness (QED) is 0.756. The van der Waals surface area contributed by atoms with E-state index < -0.39 is 11.5 Å². The second-order valence-electron chi connectivity index (χ2n) is 3.74. The molecule has 0 aliphatic rings. The van der Waals surface area contributed by atoms with Gasteiger partial charge in [0.2, 0.25) is 0 Å². The maximum atomic E-state index is 11.6. The van der Waals surface area contributed by atoms with Crippen LogP contribution in [0.1, 0.15) is 19.4 Å². The van der Waals surface area contributed by atoms with Crippen LogP contribution in [0.3, 0.4) is 0 Å². The Morgan fingerprint density at radius 3 is 2.47 bits per heavy atom. The topological polar surface area (TPSA) is 58.6 Å². The first-order valence-electron chi connectivity index (χ1n) is 5.79. The highest BCUT2D eigenvalue weighted by molar-refractivity contribution is 5.81. The van der Waals surface area contributed by atoms with E-state index >= 15 is 0 Å². The number of aliphatic carboxylic acids is 1. The van der Waals surface area contributed by atoms with Crippen molar-refractivity contribution in [3.05, 3.63) is 35.9 Å². The zero-order valence-electron chi connectivity index (χ0n) is 10.3. The van der Waals surface area contributed by atoms with Crippen molar-refractivity contribution in [1.29, 1.82) is 0 Å². The summed E-state index contributed by atoms with van der Waals surface area (Å²) in [7, 11) is 0. The van der Waals surface area contributed by atoms with Gasteiger partial charge in [-0.3, -0.25) is 5.32 Å². The van der Waals surface area contributed by atoms with Crippen LogP contribution < -0.4 is 5.32 Å². The number of hydrogen-bond acceptors (Lipinski definition) is 3. The summed E-state index contributed by atoms with van der Waals surface area (Å²) in [6.45, 7) is 4.91. The minimum Gasteiger partial charge on any atom is -0.480 e. The second-order valence-corrected chi connectivity index (χ2v) is 3.74. The summed E-state index contributed by atoms with van der Waals surface area (Å²) in [5, 5.41) is 12.5. The first-order valence-corrected chi connectivity index (χ1v) is 5.79. The first-order chi connectivity index (χ1) is 8.17. The third kappa shape index (κ3) is 3.05. The number of rotatable bonds is 7. The summed E-state index contributed by atoms with van der Waals surface area (Å²) in [6.07, 6.45) is 0. The Bertz CT molecular complexity index is 353. The van der Waals surface area contributed by atoms with Gasteiger partial charge < -0.3 is 9.84 Å². The van der Waals surface area contributed by atoms with Crippen molar-refractivity contribution in [1.82, 2.24) is 5.32 Å². The maximum absolute atomic E-state index is 11.6. The standard InChI is InChI=1S/C13H19NO3/c1-3-14-13(12(15)16,10-17-4-2)11-8-6-5-7-9-11/h5-9,14H,3-4,10H2,1-2H3,(H,15,16). The molecule has 0 radical (unpaired) electrons. The molecule has 0 heterocycles. The molecular weight excluding hydrogens is 218 g/mol. The van der Waals surface area contributed by atoms with Crippen molar-refractivity contribution in [2.45, 2.75) is 19.4 Å². The van der Waals surface area contributed by atoms with Gasteiger partial charge in [0.05, 0.1) is 6.61 Å². The molecule has 0 bridgehead atoms. The molecule has 17 heavy (non-hydrogen) atoms. The van der Waals surface area contributed by atoms with Crippen molar-refractivity contribution in [2.24, 2.45) is 0 Å². The summed E-state index contributed by atoms with van der Waals surface area (Å²) < 4.78 is 5.32. The Morgan fingerprint density at radius 1 is 1.35 bits per heavy atom. The van der Waals surface area contributed by atoms with Gasteiger partial charge in [0.1, 0.15) is 0 Å². The van der Waals surface area contributed by atoms with E-state index in [2.05, 4.69) is 5.32 Å². The van der Waals surface area contributed by atoms with Crippen molar-refractivity contribution in [3.8, 4) is 0 Å². The lowest BCUT2D eigenvalue weighted by molar-refractivity contribution is -0.148. The van der Waals surface area contributed by atoms with Gasteiger partial charge in [-0.1, -0.05) is 37.3 Å². The molecule has 94 valence electrons. The average molecular weight is 237 g/mol. The molecule has 1 aromatic carbocycles. The fourth-order valence-electron chi connectivity index (χ4n) is 1.78.